The van der Waals surface area contributed by atoms with Crippen molar-refractivity contribution in [3.05, 3.63) is 59.7 Å². The fraction of sp³-hybridized carbons (Fsp3) is 0.333. The fourth-order valence-electron chi connectivity index (χ4n) is 2.29. The predicted octanol–water partition coefficient (Wildman–Crippen LogP) is 4.22. The van der Waals surface area contributed by atoms with Gasteiger partial charge in [-0.15, -0.1) is 0 Å². The van der Waals surface area contributed by atoms with E-state index in [1.807, 2.05) is 36.0 Å². The number of ether oxygens (including phenoxy) is 2. The lowest BCUT2D eigenvalue weighted by molar-refractivity contribution is 0.410. The summed E-state index contributed by atoms with van der Waals surface area (Å²) in [7, 11) is 3.46. The molecule has 0 radical (unpaired) electrons. The van der Waals surface area contributed by atoms with Gasteiger partial charge >= 0.3 is 0 Å². The Kier molecular flexibility index (Phi) is 6.48. The third kappa shape index (κ3) is 4.71. The summed E-state index contributed by atoms with van der Waals surface area (Å²) in [5, 5.41) is 0. The van der Waals surface area contributed by atoms with Crippen LogP contribution in [0.15, 0.2) is 48.5 Å². The molecule has 0 N–H and O–H groups in total. The standard InChI is InChI=1S/C18H22O2S/c1-19-17-9-5-3-7-15(17)11-13-21-14-12-16-8-4-6-10-18(16)20-2/h3-10H,11-14H2,1-2H3. The van der Waals surface area contributed by atoms with Crippen LogP contribution in [0.3, 0.4) is 0 Å². The van der Waals surface area contributed by atoms with Crippen LogP contribution in [0.4, 0.5) is 0 Å². The van der Waals surface area contributed by atoms with Crippen molar-refractivity contribution in [2.45, 2.75) is 12.8 Å². The summed E-state index contributed by atoms with van der Waals surface area (Å²) in [5.41, 5.74) is 2.56. The van der Waals surface area contributed by atoms with Crippen molar-refractivity contribution in [1.82, 2.24) is 0 Å². The van der Waals surface area contributed by atoms with E-state index in [0.717, 1.165) is 35.8 Å². The summed E-state index contributed by atoms with van der Waals surface area (Å²) in [5.74, 6) is 4.19. The molecule has 0 aliphatic rings. The second-order valence-electron chi connectivity index (χ2n) is 4.74. The summed E-state index contributed by atoms with van der Waals surface area (Å²) in [4.78, 5) is 0. The summed E-state index contributed by atoms with van der Waals surface area (Å²) < 4.78 is 10.8. The van der Waals surface area contributed by atoms with Crippen LogP contribution in [-0.4, -0.2) is 25.7 Å². The van der Waals surface area contributed by atoms with Crippen molar-refractivity contribution in [3.63, 3.8) is 0 Å². The second kappa shape index (κ2) is 8.63. The zero-order valence-electron chi connectivity index (χ0n) is 12.7. The number of methoxy groups -OCH3 is 2. The summed E-state index contributed by atoms with van der Waals surface area (Å²) >= 11 is 1.97. The number of benzene rings is 2. The number of thioether (sulfide) groups is 1. The first-order chi connectivity index (χ1) is 10.3. The van der Waals surface area contributed by atoms with Gasteiger partial charge in [-0.3, -0.25) is 0 Å². The smallest absolute Gasteiger partial charge is 0.122 e. The van der Waals surface area contributed by atoms with Gasteiger partial charge in [0.25, 0.3) is 0 Å². The van der Waals surface area contributed by atoms with E-state index in [4.69, 9.17) is 9.47 Å². The molecule has 0 aliphatic heterocycles. The van der Waals surface area contributed by atoms with Gasteiger partial charge in [0.15, 0.2) is 0 Å². The molecule has 2 aromatic carbocycles. The zero-order chi connectivity index (χ0) is 14.9. The molecule has 0 aromatic heterocycles. The molecule has 0 saturated carbocycles. The molecule has 0 atom stereocenters. The molecule has 0 heterocycles. The van der Waals surface area contributed by atoms with E-state index in [1.54, 1.807) is 14.2 Å². The molecule has 0 spiro atoms. The zero-order valence-corrected chi connectivity index (χ0v) is 13.5. The number of aryl methyl sites for hydroxylation is 2. The quantitative estimate of drug-likeness (QED) is 0.680. The molecule has 2 rings (SSSR count). The van der Waals surface area contributed by atoms with E-state index in [2.05, 4.69) is 24.3 Å². The molecule has 0 amide bonds. The highest BCUT2D eigenvalue weighted by Crippen LogP contribution is 2.21. The third-order valence-electron chi connectivity index (χ3n) is 3.42. The molecular formula is C18H22O2S. The van der Waals surface area contributed by atoms with Gasteiger partial charge in [-0.2, -0.15) is 11.8 Å². The van der Waals surface area contributed by atoms with Gasteiger partial charge in [0.2, 0.25) is 0 Å². The van der Waals surface area contributed by atoms with Gasteiger partial charge in [-0.1, -0.05) is 36.4 Å². The van der Waals surface area contributed by atoms with E-state index in [0.29, 0.717) is 0 Å². The highest BCUT2D eigenvalue weighted by molar-refractivity contribution is 7.99. The van der Waals surface area contributed by atoms with Crippen LogP contribution >= 0.6 is 11.8 Å². The van der Waals surface area contributed by atoms with Gasteiger partial charge in [0.05, 0.1) is 14.2 Å². The van der Waals surface area contributed by atoms with E-state index in [9.17, 15) is 0 Å². The first kappa shape index (κ1) is 15.8. The number of rotatable bonds is 8. The first-order valence-corrected chi connectivity index (χ1v) is 8.32. The average molecular weight is 302 g/mol. The van der Waals surface area contributed by atoms with Crippen molar-refractivity contribution >= 4 is 11.8 Å². The second-order valence-corrected chi connectivity index (χ2v) is 5.96. The normalized spacial score (nSPS) is 10.4. The molecule has 0 aliphatic carbocycles. The molecule has 0 bridgehead atoms. The van der Waals surface area contributed by atoms with E-state index < -0.39 is 0 Å². The van der Waals surface area contributed by atoms with Gasteiger partial charge in [-0.05, 0) is 47.6 Å². The highest BCUT2D eigenvalue weighted by atomic mass is 32.2. The van der Waals surface area contributed by atoms with Crippen LogP contribution < -0.4 is 9.47 Å². The molecule has 2 aromatic rings. The fourth-order valence-corrected chi connectivity index (χ4v) is 3.22. The lowest BCUT2D eigenvalue weighted by Gasteiger charge is -2.09. The van der Waals surface area contributed by atoms with Crippen LogP contribution in [0.2, 0.25) is 0 Å². The SMILES string of the molecule is COc1ccccc1CCSCCc1ccccc1OC. The maximum Gasteiger partial charge on any atom is 0.122 e. The molecule has 2 nitrogen and oxygen atoms in total. The molecule has 0 unspecified atom stereocenters. The van der Waals surface area contributed by atoms with Crippen LogP contribution in [0.5, 0.6) is 11.5 Å². The Morgan fingerprint density at radius 2 is 1.14 bits per heavy atom. The van der Waals surface area contributed by atoms with Crippen LogP contribution in [-0.2, 0) is 12.8 Å². The average Bonchev–Trinajstić information content (AvgIpc) is 2.55. The first-order valence-electron chi connectivity index (χ1n) is 7.16. The maximum atomic E-state index is 5.38. The van der Waals surface area contributed by atoms with Crippen molar-refractivity contribution in [2.24, 2.45) is 0 Å². The Morgan fingerprint density at radius 1 is 0.714 bits per heavy atom. The molecule has 112 valence electrons. The lowest BCUT2D eigenvalue weighted by atomic mass is 10.1. The van der Waals surface area contributed by atoms with Crippen molar-refractivity contribution < 1.29 is 9.47 Å². The minimum Gasteiger partial charge on any atom is -0.496 e. The Labute approximate surface area is 131 Å². The van der Waals surface area contributed by atoms with Gasteiger partial charge in [-0.25, -0.2) is 0 Å². The molecule has 21 heavy (non-hydrogen) atoms. The Bertz CT molecular complexity index is 505. The molecular weight excluding hydrogens is 280 g/mol. The Balaban J connectivity index is 1.75. The number of para-hydroxylation sites is 2. The summed E-state index contributed by atoms with van der Waals surface area (Å²) in [6.07, 6.45) is 2.08. The lowest BCUT2D eigenvalue weighted by Crippen LogP contribution is -1.97. The van der Waals surface area contributed by atoms with Crippen LogP contribution in [0, 0.1) is 0 Å². The van der Waals surface area contributed by atoms with Crippen molar-refractivity contribution in [2.75, 3.05) is 25.7 Å². The highest BCUT2D eigenvalue weighted by Gasteiger charge is 2.03. The van der Waals surface area contributed by atoms with Crippen LogP contribution in [0.25, 0.3) is 0 Å². The minimum atomic E-state index is 0.989. The Hall–Kier alpha value is -1.61. The summed E-state index contributed by atoms with van der Waals surface area (Å²) in [6, 6.07) is 16.5. The van der Waals surface area contributed by atoms with E-state index in [1.165, 1.54) is 11.1 Å². The van der Waals surface area contributed by atoms with E-state index >= 15 is 0 Å². The van der Waals surface area contributed by atoms with Gasteiger partial charge < -0.3 is 9.47 Å². The molecule has 3 heteroatoms. The van der Waals surface area contributed by atoms with E-state index in [-0.39, 0.29) is 0 Å². The topological polar surface area (TPSA) is 18.5 Å². The monoisotopic (exact) mass is 302 g/mol. The van der Waals surface area contributed by atoms with Gasteiger partial charge in [0, 0.05) is 0 Å². The molecule has 0 saturated heterocycles. The Morgan fingerprint density at radius 3 is 1.57 bits per heavy atom. The third-order valence-corrected chi connectivity index (χ3v) is 4.40. The largest absolute Gasteiger partial charge is 0.496 e. The van der Waals surface area contributed by atoms with Gasteiger partial charge in [0.1, 0.15) is 11.5 Å². The predicted molar refractivity (Wildman–Crippen MR) is 90.7 cm³/mol. The van der Waals surface area contributed by atoms with Crippen LogP contribution in [0.1, 0.15) is 11.1 Å². The molecule has 0 fully saturated rings. The maximum absolute atomic E-state index is 5.38. The summed E-state index contributed by atoms with van der Waals surface area (Å²) in [6.45, 7) is 0. The minimum absolute atomic E-state index is 0.989. The number of hydrogen-bond donors (Lipinski definition) is 0. The number of hydrogen-bond acceptors (Lipinski definition) is 3. The van der Waals surface area contributed by atoms with Crippen molar-refractivity contribution in [1.29, 1.82) is 0 Å². The van der Waals surface area contributed by atoms with Crippen molar-refractivity contribution in [3.8, 4) is 11.5 Å².